The topological polar surface area (TPSA) is 81.4 Å². The SMILES string of the molecule is CC(C)OCCNS(=O)(=O)c1cc(F)ccc1CN. The molecule has 0 aliphatic carbocycles. The molecular formula is C12H19FN2O3S. The smallest absolute Gasteiger partial charge is 0.241 e. The molecule has 0 aliphatic heterocycles. The third kappa shape index (κ3) is 4.87. The van der Waals surface area contributed by atoms with Crippen LogP contribution < -0.4 is 10.5 Å². The maximum Gasteiger partial charge on any atom is 0.241 e. The van der Waals surface area contributed by atoms with Gasteiger partial charge in [-0.2, -0.15) is 0 Å². The van der Waals surface area contributed by atoms with E-state index in [1.165, 1.54) is 12.1 Å². The quantitative estimate of drug-likeness (QED) is 0.734. The van der Waals surface area contributed by atoms with Crippen LogP contribution in [0.4, 0.5) is 4.39 Å². The third-order valence-corrected chi connectivity index (χ3v) is 3.93. The minimum Gasteiger partial charge on any atom is -0.377 e. The molecule has 0 radical (unpaired) electrons. The molecule has 0 fully saturated rings. The first kappa shape index (κ1) is 16.0. The molecule has 0 saturated carbocycles. The highest BCUT2D eigenvalue weighted by Crippen LogP contribution is 2.16. The van der Waals surface area contributed by atoms with E-state index in [0.29, 0.717) is 5.56 Å². The number of nitrogens with one attached hydrogen (secondary N) is 1. The first-order chi connectivity index (χ1) is 8.86. The fourth-order valence-electron chi connectivity index (χ4n) is 1.50. The highest BCUT2D eigenvalue weighted by molar-refractivity contribution is 7.89. The molecule has 1 aromatic carbocycles. The van der Waals surface area contributed by atoms with Crippen molar-refractivity contribution in [1.82, 2.24) is 4.72 Å². The van der Waals surface area contributed by atoms with Crippen molar-refractivity contribution in [2.24, 2.45) is 5.73 Å². The Bertz CT molecular complexity index is 518. The first-order valence-corrected chi connectivity index (χ1v) is 7.45. The molecular weight excluding hydrogens is 271 g/mol. The van der Waals surface area contributed by atoms with Gasteiger partial charge < -0.3 is 10.5 Å². The second-order valence-electron chi connectivity index (χ2n) is 4.27. The summed E-state index contributed by atoms with van der Waals surface area (Å²) >= 11 is 0. The summed E-state index contributed by atoms with van der Waals surface area (Å²) in [4.78, 5) is -0.125. The molecule has 0 unspecified atom stereocenters. The molecule has 0 aliphatic rings. The van der Waals surface area contributed by atoms with Crippen molar-refractivity contribution >= 4 is 10.0 Å². The Morgan fingerprint density at radius 3 is 2.68 bits per heavy atom. The van der Waals surface area contributed by atoms with Gasteiger partial charge in [-0.25, -0.2) is 17.5 Å². The summed E-state index contributed by atoms with van der Waals surface area (Å²) in [6.07, 6.45) is 0.0262. The second kappa shape index (κ2) is 6.95. The maximum absolute atomic E-state index is 13.2. The average Bonchev–Trinajstić information content (AvgIpc) is 2.34. The zero-order valence-electron chi connectivity index (χ0n) is 11.0. The minimum absolute atomic E-state index is 0.0262. The number of hydrogen-bond acceptors (Lipinski definition) is 4. The molecule has 0 spiro atoms. The molecule has 0 saturated heterocycles. The monoisotopic (exact) mass is 290 g/mol. The van der Waals surface area contributed by atoms with Gasteiger partial charge in [-0.3, -0.25) is 0 Å². The Balaban J connectivity index is 2.79. The molecule has 0 heterocycles. The van der Waals surface area contributed by atoms with Crippen LogP contribution in [0.25, 0.3) is 0 Å². The minimum atomic E-state index is -3.77. The van der Waals surface area contributed by atoms with Crippen LogP contribution in [0.1, 0.15) is 19.4 Å². The Morgan fingerprint density at radius 2 is 2.11 bits per heavy atom. The normalized spacial score (nSPS) is 12.1. The molecule has 1 rings (SSSR count). The number of nitrogens with two attached hydrogens (primary N) is 1. The number of benzene rings is 1. The van der Waals surface area contributed by atoms with Crippen LogP contribution in [0.15, 0.2) is 23.1 Å². The number of halogens is 1. The highest BCUT2D eigenvalue weighted by Gasteiger charge is 2.18. The molecule has 5 nitrogen and oxygen atoms in total. The molecule has 0 bridgehead atoms. The first-order valence-electron chi connectivity index (χ1n) is 5.96. The van der Waals surface area contributed by atoms with Crippen molar-refractivity contribution in [2.75, 3.05) is 13.2 Å². The summed E-state index contributed by atoms with van der Waals surface area (Å²) < 4.78 is 44.8. The Hall–Kier alpha value is -1.02. The summed E-state index contributed by atoms with van der Waals surface area (Å²) in [7, 11) is -3.77. The number of sulfonamides is 1. The largest absolute Gasteiger partial charge is 0.377 e. The molecule has 0 atom stereocenters. The van der Waals surface area contributed by atoms with Gasteiger partial charge in [0, 0.05) is 13.1 Å². The average molecular weight is 290 g/mol. The predicted octanol–water partition coefficient (Wildman–Crippen LogP) is 0.988. The van der Waals surface area contributed by atoms with Crippen LogP contribution in [0.3, 0.4) is 0 Å². The van der Waals surface area contributed by atoms with Crippen molar-refractivity contribution in [3.05, 3.63) is 29.6 Å². The number of ether oxygens (including phenoxy) is 1. The lowest BCUT2D eigenvalue weighted by atomic mass is 10.2. The van der Waals surface area contributed by atoms with Crippen LogP contribution in [0, 0.1) is 5.82 Å². The van der Waals surface area contributed by atoms with Crippen molar-refractivity contribution < 1.29 is 17.5 Å². The van der Waals surface area contributed by atoms with Gasteiger partial charge in [-0.15, -0.1) is 0 Å². The fourth-order valence-corrected chi connectivity index (χ4v) is 2.77. The van der Waals surface area contributed by atoms with Crippen molar-refractivity contribution in [3.63, 3.8) is 0 Å². The lowest BCUT2D eigenvalue weighted by molar-refractivity contribution is 0.0834. The van der Waals surface area contributed by atoms with E-state index in [0.717, 1.165) is 6.07 Å². The Labute approximate surface area is 113 Å². The summed E-state index contributed by atoms with van der Waals surface area (Å²) in [5, 5.41) is 0. The van der Waals surface area contributed by atoms with E-state index in [1.807, 2.05) is 13.8 Å². The zero-order chi connectivity index (χ0) is 14.5. The van der Waals surface area contributed by atoms with E-state index in [2.05, 4.69) is 4.72 Å². The van der Waals surface area contributed by atoms with Gasteiger partial charge in [0.25, 0.3) is 0 Å². The van der Waals surface area contributed by atoms with Crippen LogP contribution >= 0.6 is 0 Å². The molecule has 0 amide bonds. The van der Waals surface area contributed by atoms with E-state index in [-0.39, 0.29) is 30.7 Å². The van der Waals surface area contributed by atoms with Gasteiger partial charge in [0.15, 0.2) is 0 Å². The summed E-state index contributed by atoms with van der Waals surface area (Å²) in [5.41, 5.74) is 5.83. The van der Waals surface area contributed by atoms with E-state index < -0.39 is 15.8 Å². The van der Waals surface area contributed by atoms with Crippen molar-refractivity contribution in [1.29, 1.82) is 0 Å². The Morgan fingerprint density at radius 1 is 1.42 bits per heavy atom. The lowest BCUT2D eigenvalue weighted by Gasteiger charge is -2.12. The molecule has 0 aromatic heterocycles. The number of rotatable bonds is 7. The van der Waals surface area contributed by atoms with E-state index in [9.17, 15) is 12.8 Å². The molecule has 7 heteroatoms. The van der Waals surface area contributed by atoms with Gasteiger partial charge in [0.05, 0.1) is 17.6 Å². The van der Waals surface area contributed by atoms with Gasteiger partial charge in [-0.1, -0.05) is 6.07 Å². The third-order valence-electron chi connectivity index (χ3n) is 2.38. The molecule has 1 aromatic rings. The van der Waals surface area contributed by atoms with Gasteiger partial charge >= 0.3 is 0 Å². The zero-order valence-corrected chi connectivity index (χ0v) is 11.8. The predicted molar refractivity (Wildman–Crippen MR) is 70.6 cm³/mol. The van der Waals surface area contributed by atoms with Crippen LogP contribution in [0.5, 0.6) is 0 Å². The van der Waals surface area contributed by atoms with Crippen molar-refractivity contribution in [2.45, 2.75) is 31.4 Å². The molecule has 3 N–H and O–H groups in total. The molecule has 108 valence electrons. The summed E-state index contributed by atoms with van der Waals surface area (Å²) in [6.45, 7) is 4.12. The van der Waals surface area contributed by atoms with Crippen LogP contribution in [-0.2, 0) is 21.3 Å². The standard InChI is InChI=1S/C12H19FN2O3S/c1-9(2)18-6-5-15-19(16,17)12-7-11(13)4-3-10(12)8-14/h3-4,7,9,15H,5-6,8,14H2,1-2H3. The van der Waals surface area contributed by atoms with E-state index >= 15 is 0 Å². The van der Waals surface area contributed by atoms with Crippen LogP contribution in [0.2, 0.25) is 0 Å². The van der Waals surface area contributed by atoms with E-state index in [1.54, 1.807) is 0 Å². The van der Waals surface area contributed by atoms with Gasteiger partial charge in [0.2, 0.25) is 10.0 Å². The summed E-state index contributed by atoms with van der Waals surface area (Å²) in [5.74, 6) is -0.615. The lowest BCUT2D eigenvalue weighted by Crippen LogP contribution is -2.29. The van der Waals surface area contributed by atoms with Crippen LogP contribution in [-0.4, -0.2) is 27.7 Å². The maximum atomic E-state index is 13.2. The van der Waals surface area contributed by atoms with E-state index in [4.69, 9.17) is 10.5 Å². The Kier molecular flexibility index (Phi) is 5.86. The van der Waals surface area contributed by atoms with Gasteiger partial charge in [0.1, 0.15) is 5.82 Å². The van der Waals surface area contributed by atoms with Gasteiger partial charge in [-0.05, 0) is 31.5 Å². The summed E-state index contributed by atoms with van der Waals surface area (Å²) in [6, 6.07) is 3.52. The second-order valence-corrected chi connectivity index (χ2v) is 6.01. The highest BCUT2D eigenvalue weighted by atomic mass is 32.2. The number of hydrogen-bond donors (Lipinski definition) is 2. The fraction of sp³-hybridized carbons (Fsp3) is 0.500. The van der Waals surface area contributed by atoms with Crippen molar-refractivity contribution in [3.8, 4) is 0 Å². The molecule has 19 heavy (non-hydrogen) atoms.